The Hall–Kier alpha value is -1.03. The van der Waals surface area contributed by atoms with E-state index in [-0.39, 0.29) is 0 Å². The van der Waals surface area contributed by atoms with Gasteiger partial charge in [-0.25, -0.2) is 9.13 Å². The molecule has 0 aliphatic carbocycles. The van der Waals surface area contributed by atoms with Crippen LogP contribution in [0.1, 0.15) is 0 Å². The zero-order valence-electron chi connectivity index (χ0n) is 9.83. The van der Waals surface area contributed by atoms with E-state index in [0.29, 0.717) is 0 Å². The standard InChI is InChI=1S/C7H3F13O3/c8-2(21)1(3(9,10)11)22-6(16,17)4(12,5(13,14)15)23-7(18,19)20/h1-2,21H. The van der Waals surface area contributed by atoms with Crippen LogP contribution >= 0.6 is 0 Å². The Morgan fingerprint density at radius 3 is 1.35 bits per heavy atom. The largest absolute Gasteiger partial charge is 0.525 e. The molecule has 1 N–H and O–H groups in total. The van der Waals surface area contributed by atoms with E-state index < -0.39 is 43.1 Å². The van der Waals surface area contributed by atoms with Crippen LogP contribution in [0.3, 0.4) is 0 Å². The zero-order valence-corrected chi connectivity index (χ0v) is 9.83. The minimum absolute atomic E-state index is 1.51. The molecule has 0 radical (unpaired) electrons. The van der Waals surface area contributed by atoms with Crippen molar-refractivity contribution in [3.05, 3.63) is 0 Å². The molecule has 0 saturated heterocycles. The van der Waals surface area contributed by atoms with Crippen LogP contribution in [0.25, 0.3) is 0 Å². The molecule has 0 bridgehead atoms. The molecule has 0 rings (SSSR count). The normalized spacial score (nSPS) is 20.1. The molecule has 0 spiro atoms. The van der Waals surface area contributed by atoms with Gasteiger partial charge in [0, 0.05) is 0 Å². The average Bonchev–Trinajstić information content (AvgIpc) is 2.19. The molecular weight excluding hydrogens is 379 g/mol. The first-order chi connectivity index (χ1) is 9.75. The van der Waals surface area contributed by atoms with Crippen molar-refractivity contribution in [2.45, 2.75) is 43.1 Å². The second-order valence-electron chi connectivity index (χ2n) is 3.61. The molecule has 0 aromatic rings. The molecule has 0 saturated carbocycles. The van der Waals surface area contributed by atoms with E-state index in [4.69, 9.17) is 5.11 Å². The first-order valence-corrected chi connectivity index (χ1v) is 4.71. The molecule has 0 amide bonds. The molecule has 140 valence electrons. The third-order valence-corrected chi connectivity index (χ3v) is 1.84. The topological polar surface area (TPSA) is 38.7 Å². The first kappa shape index (κ1) is 22.0. The van der Waals surface area contributed by atoms with Crippen molar-refractivity contribution in [3.63, 3.8) is 0 Å². The maximum atomic E-state index is 13.1. The van der Waals surface area contributed by atoms with Crippen molar-refractivity contribution in [2.24, 2.45) is 0 Å². The summed E-state index contributed by atoms with van der Waals surface area (Å²) in [7, 11) is 0. The number of halogens is 13. The number of ether oxygens (including phenoxy) is 2. The summed E-state index contributed by atoms with van der Waals surface area (Å²) in [6, 6.07) is 0. The lowest BCUT2D eigenvalue weighted by Crippen LogP contribution is -2.62. The highest BCUT2D eigenvalue weighted by atomic mass is 19.4. The van der Waals surface area contributed by atoms with Crippen LogP contribution in [0.15, 0.2) is 0 Å². The third-order valence-electron chi connectivity index (χ3n) is 1.84. The summed E-state index contributed by atoms with van der Waals surface area (Å²) in [5.41, 5.74) is 0. The molecule has 0 fully saturated rings. The predicted molar refractivity (Wildman–Crippen MR) is 40.0 cm³/mol. The van der Waals surface area contributed by atoms with Crippen LogP contribution in [0.4, 0.5) is 57.1 Å². The van der Waals surface area contributed by atoms with Crippen molar-refractivity contribution in [1.29, 1.82) is 0 Å². The summed E-state index contributed by atoms with van der Waals surface area (Å²) in [5.74, 6) is -7.16. The monoisotopic (exact) mass is 382 g/mol. The van der Waals surface area contributed by atoms with Gasteiger partial charge in [-0.2, -0.15) is 39.5 Å². The van der Waals surface area contributed by atoms with Crippen molar-refractivity contribution in [3.8, 4) is 0 Å². The van der Waals surface area contributed by atoms with E-state index in [1.54, 1.807) is 0 Å². The fraction of sp³-hybridized carbons (Fsp3) is 1.00. The average molecular weight is 382 g/mol. The molecule has 23 heavy (non-hydrogen) atoms. The van der Waals surface area contributed by atoms with E-state index in [1.807, 2.05) is 0 Å². The predicted octanol–water partition coefficient (Wildman–Crippen LogP) is 3.58. The fourth-order valence-corrected chi connectivity index (χ4v) is 0.956. The van der Waals surface area contributed by atoms with Gasteiger partial charge in [0.1, 0.15) is 0 Å². The number of alkyl halides is 13. The molecule has 3 nitrogen and oxygen atoms in total. The van der Waals surface area contributed by atoms with Crippen LogP contribution in [-0.4, -0.2) is 48.2 Å². The van der Waals surface area contributed by atoms with Crippen molar-refractivity contribution in [1.82, 2.24) is 0 Å². The van der Waals surface area contributed by atoms with Gasteiger partial charge in [-0.15, -0.1) is 13.2 Å². The third kappa shape index (κ3) is 5.23. The quantitative estimate of drug-likeness (QED) is 0.739. The molecule has 0 aromatic heterocycles. The Kier molecular flexibility index (Phi) is 5.84. The van der Waals surface area contributed by atoms with E-state index >= 15 is 0 Å². The van der Waals surface area contributed by atoms with Crippen molar-refractivity contribution >= 4 is 0 Å². The smallest absolute Gasteiger partial charge is 0.362 e. The van der Waals surface area contributed by atoms with E-state index in [2.05, 4.69) is 4.74 Å². The number of aliphatic hydroxyl groups excluding tert-OH is 1. The maximum Gasteiger partial charge on any atom is 0.525 e. The van der Waals surface area contributed by atoms with Crippen LogP contribution in [-0.2, 0) is 9.47 Å². The molecule has 3 atom stereocenters. The Morgan fingerprint density at radius 1 is 0.739 bits per heavy atom. The minimum Gasteiger partial charge on any atom is -0.362 e. The molecule has 3 unspecified atom stereocenters. The Labute approximate surface area is 116 Å². The molecule has 0 aliphatic heterocycles. The van der Waals surface area contributed by atoms with E-state index in [0.717, 1.165) is 0 Å². The fourth-order valence-electron chi connectivity index (χ4n) is 0.956. The highest BCUT2D eigenvalue weighted by Crippen LogP contribution is 2.50. The minimum atomic E-state index is -7.26. The summed E-state index contributed by atoms with van der Waals surface area (Å²) in [6.07, 6.45) is -36.6. The second kappa shape index (κ2) is 6.12. The van der Waals surface area contributed by atoms with Crippen molar-refractivity contribution < 1.29 is 71.7 Å². The lowest BCUT2D eigenvalue weighted by molar-refractivity contribution is -0.530. The van der Waals surface area contributed by atoms with Gasteiger partial charge in [0.25, 0.3) is 0 Å². The summed E-state index contributed by atoms with van der Waals surface area (Å²) in [5, 5.41) is 7.90. The van der Waals surface area contributed by atoms with Crippen LogP contribution in [0.2, 0.25) is 0 Å². The molecule has 16 heteroatoms. The Morgan fingerprint density at radius 2 is 1.13 bits per heavy atom. The maximum absolute atomic E-state index is 13.1. The number of rotatable bonds is 5. The summed E-state index contributed by atoms with van der Waals surface area (Å²) in [6.45, 7) is 0. The number of hydrogen-bond acceptors (Lipinski definition) is 3. The summed E-state index contributed by atoms with van der Waals surface area (Å²) < 4.78 is 162. The highest BCUT2D eigenvalue weighted by molar-refractivity contribution is 4.89. The lowest BCUT2D eigenvalue weighted by atomic mass is 10.2. The molecule has 0 heterocycles. The first-order valence-electron chi connectivity index (χ1n) is 4.71. The SMILES string of the molecule is OC(F)C(OC(F)(F)C(F)(OC(F)(F)F)C(F)(F)F)C(F)(F)F. The van der Waals surface area contributed by atoms with Gasteiger partial charge in [-0.05, 0) is 0 Å². The lowest BCUT2D eigenvalue weighted by Gasteiger charge is -2.36. The second-order valence-corrected chi connectivity index (χ2v) is 3.61. The van der Waals surface area contributed by atoms with Gasteiger partial charge in [-0.1, -0.05) is 0 Å². The van der Waals surface area contributed by atoms with Crippen LogP contribution in [0.5, 0.6) is 0 Å². The number of hydrogen-bond donors (Lipinski definition) is 1. The molecule has 0 aliphatic rings. The Bertz CT molecular complexity index is 396. The van der Waals surface area contributed by atoms with Gasteiger partial charge in [0.05, 0.1) is 0 Å². The molecular formula is C7H3F13O3. The van der Waals surface area contributed by atoms with Gasteiger partial charge in [0.2, 0.25) is 12.5 Å². The van der Waals surface area contributed by atoms with Crippen molar-refractivity contribution in [2.75, 3.05) is 0 Å². The highest BCUT2D eigenvalue weighted by Gasteiger charge is 2.79. The van der Waals surface area contributed by atoms with E-state index in [9.17, 15) is 57.1 Å². The molecule has 0 aromatic carbocycles. The zero-order chi connectivity index (χ0) is 19.1. The van der Waals surface area contributed by atoms with Gasteiger partial charge < -0.3 is 5.11 Å². The van der Waals surface area contributed by atoms with Crippen LogP contribution < -0.4 is 0 Å². The summed E-state index contributed by atoms with van der Waals surface area (Å²) in [4.78, 5) is 0. The number of aliphatic hydroxyl groups is 1. The van der Waals surface area contributed by atoms with Crippen LogP contribution in [0, 0.1) is 0 Å². The summed E-state index contributed by atoms with van der Waals surface area (Å²) >= 11 is 0. The van der Waals surface area contributed by atoms with Gasteiger partial charge in [-0.3, -0.25) is 4.74 Å². The van der Waals surface area contributed by atoms with Gasteiger partial charge in [0.15, 0.2) is 0 Å². The Balaban J connectivity index is 5.86. The van der Waals surface area contributed by atoms with E-state index in [1.165, 1.54) is 4.74 Å². The van der Waals surface area contributed by atoms with Gasteiger partial charge >= 0.3 is 30.7 Å².